The lowest BCUT2D eigenvalue weighted by molar-refractivity contribution is 0.528. The molecule has 10 nitrogen and oxygen atoms in total. The first-order chi connectivity index (χ1) is 14.7. The predicted molar refractivity (Wildman–Crippen MR) is 115 cm³/mol. The van der Waals surface area contributed by atoms with Crippen LogP contribution in [0.3, 0.4) is 0 Å². The van der Waals surface area contributed by atoms with E-state index in [1.54, 1.807) is 49.5 Å². The van der Waals surface area contributed by atoms with Gasteiger partial charge in [-0.1, -0.05) is 6.07 Å². The number of halogens is 1. The Morgan fingerprint density at radius 2 is 1.81 bits per heavy atom. The molecule has 0 fully saturated rings. The second-order valence-corrected chi connectivity index (χ2v) is 8.45. The van der Waals surface area contributed by atoms with E-state index in [1.165, 1.54) is 4.57 Å². The minimum atomic E-state index is -3.43. The number of nitrogens with one attached hydrogen (secondary N) is 3. The Kier molecular flexibility index (Phi) is 5.07. The van der Waals surface area contributed by atoms with Gasteiger partial charge in [0.25, 0.3) is 0 Å². The molecule has 0 aliphatic rings. The zero-order valence-electron chi connectivity index (χ0n) is 16.4. The summed E-state index contributed by atoms with van der Waals surface area (Å²) in [6.45, 7) is 0. The minimum absolute atomic E-state index is 0.0905. The maximum Gasteiger partial charge on any atom is 0.419 e. The molecule has 2 aromatic heterocycles. The van der Waals surface area contributed by atoms with E-state index in [0.29, 0.717) is 28.2 Å². The van der Waals surface area contributed by atoms with Crippen LogP contribution in [0.15, 0.2) is 57.9 Å². The van der Waals surface area contributed by atoms with Gasteiger partial charge in [-0.15, -0.1) is 0 Å². The Bertz CT molecular complexity index is 1450. The average Bonchev–Trinajstić information content (AvgIpc) is 2.97. The van der Waals surface area contributed by atoms with Gasteiger partial charge in [0.05, 0.1) is 23.7 Å². The largest absolute Gasteiger partial charge is 0.419 e. The van der Waals surface area contributed by atoms with Crippen molar-refractivity contribution in [2.75, 3.05) is 21.6 Å². The topological polar surface area (TPSA) is 131 Å². The number of hydrogen-bond acceptors (Lipinski definition) is 8. The normalized spacial score (nSPS) is 11.5. The van der Waals surface area contributed by atoms with Gasteiger partial charge >= 0.3 is 5.76 Å². The maximum absolute atomic E-state index is 14.3. The van der Waals surface area contributed by atoms with Crippen LogP contribution in [0.4, 0.5) is 33.2 Å². The van der Waals surface area contributed by atoms with Crippen molar-refractivity contribution in [3.63, 3.8) is 0 Å². The molecule has 3 N–H and O–H groups in total. The number of aryl methyl sites for hydroxylation is 1. The number of aromatic nitrogens is 3. The van der Waals surface area contributed by atoms with E-state index >= 15 is 0 Å². The first-order valence-corrected chi connectivity index (χ1v) is 10.8. The van der Waals surface area contributed by atoms with Gasteiger partial charge < -0.3 is 15.1 Å². The molecule has 0 atom stereocenters. The highest BCUT2D eigenvalue weighted by Gasteiger charge is 2.11. The Hall–Kier alpha value is -3.93. The van der Waals surface area contributed by atoms with Crippen LogP contribution < -0.4 is 21.1 Å². The first-order valence-electron chi connectivity index (χ1n) is 8.92. The summed E-state index contributed by atoms with van der Waals surface area (Å²) in [6, 6.07) is 11.3. The molecule has 2 aromatic carbocycles. The van der Waals surface area contributed by atoms with Crippen molar-refractivity contribution in [2.24, 2.45) is 7.05 Å². The highest BCUT2D eigenvalue weighted by atomic mass is 32.2. The standard InChI is InChI=1S/C19H17FN6O4S/c1-26-15-7-6-12(9-16(15)30-19(26)27)22-17-14(20)10-21-18(24-17)23-11-4-3-5-13(8-11)25-31(2,28)29/h3-10,25H,1-2H3,(H2,21,22,23,24). The molecule has 2 heterocycles. The highest BCUT2D eigenvalue weighted by molar-refractivity contribution is 7.92. The van der Waals surface area contributed by atoms with Gasteiger partial charge in [0.15, 0.2) is 17.2 Å². The lowest BCUT2D eigenvalue weighted by Crippen LogP contribution is -2.09. The zero-order valence-corrected chi connectivity index (χ0v) is 17.2. The summed E-state index contributed by atoms with van der Waals surface area (Å²) < 4.78 is 45.9. The molecular weight excluding hydrogens is 427 g/mol. The molecule has 0 saturated heterocycles. The summed E-state index contributed by atoms with van der Waals surface area (Å²) >= 11 is 0. The van der Waals surface area contributed by atoms with Crippen LogP contribution in [0, 0.1) is 5.82 Å². The number of hydrogen-bond donors (Lipinski definition) is 3. The lowest BCUT2D eigenvalue weighted by Gasteiger charge is -2.11. The van der Waals surface area contributed by atoms with E-state index in [0.717, 1.165) is 12.5 Å². The molecule has 31 heavy (non-hydrogen) atoms. The SMILES string of the molecule is Cn1c(=O)oc2cc(Nc3nc(Nc4cccc(NS(C)(=O)=O)c4)ncc3F)ccc21. The van der Waals surface area contributed by atoms with Crippen LogP contribution >= 0.6 is 0 Å². The number of anilines is 5. The Morgan fingerprint density at radius 3 is 2.58 bits per heavy atom. The van der Waals surface area contributed by atoms with Gasteiger partial charge in [-0.05, 0) is 30.3 Å². The molecule has 0 aliphatic heterocycles. The smallest absolute Gasteiger partial charge is 0.408 e. The molecule has 0 radical (unpaired) electrons. The fourth-order valence-corrected chi connectivity index (χ4v) is 3.42. The van der Waals surface area contributed by atoms with E-state index in [1.807, 2.05) is 0 Å². The van der Waals surface area contributed by atoms with Gasteiger partial charge in [-0.3, -0.25) is 9.29 Å². The summed E-state index contributed by atoms with van der Waals surface area (Å²) in [6.07, 6.45) is 2.05. The maximum atomic E-state index is 14.3. The van der Waals surface area contributed by atoms with E-state index < -0.39 is 21.6 Å². The van der Waals surface area contributed by atoms with E-state index in [-0.39, 0.29) is 11.8 Å². The number of benzene rings is 2. The van der Waals surface area contributed by atoms with Crippen LogP contribution in [0.1, 0.15) is 0 Å². The molecule has 0 amide bonds. The molecule has 0 saturated carbocycles. The molecule has 4 rings (SSSR count). The van der Waals surface area contributed by atoms with Gasteiger partial charge in [0.1, 0.15) is 0 Å². The van der Waals surface area contributed by atoms with Crippen LogP contribution in [0.2, 0.25) is 0 Å². The third-order valence-electron chi connectivity index (χ3n) is 4.22. The second kappa shape index (κ2) is 7.72. The van der Waals surface area contributed by atoms with Crippen molar-refractivity contribution in [1.29, 1.82) is 0 Å². The van der Waals surface area contributed by atoms with Gasteiger partial charge in [0, 0.05) is 24.5 Å². The van der Waals surface area contributed by atoms with Crippen LogP contribution in [0.25, 0.3) is 11.1 Å². The molecule has 0 spiro atoms. The second-order valence-electron chi connectivity index (χ2n) is 6.70. The number of rotatable bonds is 6. The highest BCUT2D eigenvalue weighted by Crippen LogP contribution is 2.24. The zero-order chi connectivity index (χ0) is 22.2. The fraction of sp³-hybridized carbons (Fsp3) is 0.105. The lowest BCUT2D eigenvalue weighted by atomic mass is 10.3. The number of oxazole rings is 1. The van der Waals surface area contributed by atoms with Crippen molar-refractivity contribution in [3.05, 3.63) is 65.0 Å². The minimum Gasteiger partial charge on any atom is -0.408 e. The average molecular weight is 444 g/mol. The van der Waals surface area contributed by atoms with Crippen molar-refractivity contribution >= 4 is 50.0 Å². The van der Waals surface area contributed by atoms with Crippen molar-refractivity contribution in [1.82, 2.24) is 14.5 Å². The van der Waals surface area contributed by atoms with Crippen LogP contribution in [0.5, 0.6) is 0 Å². The fourth-order valence-electron chi connectivity index (χ4n) is 2.87. The number of fused-ring (bicyclic) bond motifs is 1. The van der Waals surface area contributed by atoms with Gasteiger partial charge in [-0.2, -0.15) is 4.98 Å². The summed E-state index contributed by atoms with van der Waals surface area (Å²) in [5.74, 6) is -1.19. The molecule has 0 bridgehead atoms. The molecule has 160 valence electrons. The number of sulfonamides is 1. The summed E-state index contributed by atoms with van der Waals surface area (Å²) in [7, 11) is -1.84. The Balaban J connectivity index is 1.58. The van der Waals surface area contributed by atoms with E-state index in [4.69, 9.17) is 4.42 Å². The van der Waals surface area contributed by atoms with Gasteiger partial charge in [-0.25, -0.2) is 22.6 Å². The first kappa shape index (κ1) is 20.3. The molecule has 0 aliphatic carbocycles. The quantitative estimate of drug-likeness (QED) is 0.414. The summed E-state index contributed by atoms with van der Waals surface area (Å²) in [5, 5.41) is 5.73. The van der Waals surface area contributed by atoms with Crippen molar-refractivity contribution < 1.29 is 17.2 Å². The van der Waals surface area contributed by atoms with Crippen molar-refractivity contribution in [2.45, 2.75) is 0 Å². The van der Waals surface area contributed by atoms with Crippen LogP contribution in [-0.2, 0) is 17.1 Å². The van der Waals surface area contributed by atoms with E-state index in [9.17, 15) is 17.6 Å². The summed E-state index contributed by atoms with van der Waals surface area (Å²) in [4.78, 5) is 19.7. The predicted octanol–water partition coefficient (Wildman–Crippen LogP) is 2.92. The van der Waals surface area contributed by atoms with Gasteiger partial charge in [0.2, 0.25) is 16.0 Å². The summed E-state index contributed by atoms with van der Waals surface area (Å²) in [5.41, 5.74) is 2.26. The Morgan fingerprint density at radius 1 is 1.06 bits per heavy atom. The monoisotopic (exact) mass is 444 g/mol. The Labute approximate surface area is 175 Å². The van der Waals surface area contributed by atoms with E-state index in [2.05, 4.69) is 25.3 Å². The third kappa shape index (κ3) is 4.64. The number of nitrogens with zero attached hydrogens (tertiary/aromatic N) is 3. The molecule has 4 aromatic rings. The molecular formula is C19H17FN6O4S. The third-order valence-corrected chi connectivity index (χ3v) is 4.83. The molecule has 12 heteroatoms. The van der Waals surface area contributed by atoms with Crippen LogP contribution in [-0.4, -0.2) is 29.2 Å². The van der Waals surface area contributed by atoms with Crippen molar-refractivity contribution in [3.8, 4) is 0 Å². The molecule has 0 unspecified atom stereocenters.